The molecule has 0 atom stereocenters. The van der Waals surface area contributed by atoms with Gasteiger partial charge in [-0.25, -0.2) is 0 Å². The van der Waals surface area contributed by atoms with Gasteiger partial charge in [0.25, 0.3) is 5.91 Å². The fourth-order valence-corrected chi connectivity index (χ4v) is 4.18. The van der Waals surface area contributed by atoms with E-state index in [9.17, 15) is 9.59 Å². The minimum Gasteiger partial charge on any atom is -0.496 e. The molecule has 7 heteroatoms. The van der Waals surface area contributed by atoms with E-state index >= 15 is 0 Å². The van der Waals surface area contributed by atoms with Gasteiger partial charge in [0.1, 0.15) is 10.1 Å². The summed E-state index contributed by atoms with van der Waals surface area (Å²) >= 11 is 6.64. The summed E-state index contributed by atoms with van der Waals surface area (Å²) in [7, 11) is 1.60. The lowest BCUT2D eigenvalue weighted by Crippen LogP contribution is -2.29. The molecule has 0 aliphatic carbocycles. The van der Waals surface area contributed by atoms with Gasteiger partial charge in [-0.1, -0.05) is 59.9 Å². The maximum atomic E-state index is 12.7. The molecule has 0 unspecified atom stereocenters. The smallest absolute Gasteiger partial charge is 0.266 e. The van der Waals surface area contributed by atoms with Crippen molar-refractivity contribution in [2.45, 2.75) is 19.8 Å². The van der Waals surface area contributed by atoms with E-state index in [2.05, 4.69) is 5.32 Å². The van der Waals surface area contributed by atoms with E-state index in [0.29, 0.717) is 34.4 Å². The number of hydrogen-bond donors (Lipinski definition) is 1. The first-order chi connectivity index (χ1) is 14.0. The maximum absolute atomic E-state index is 12.7. The van der Waals surface area contributed by atoms with E-state index in [1.807, 2.05) is 55.5 Å². The SMILES string of the molecule is COc1ccccc1/C=C1\SC(=S)N(CCCC(=O)Nc2ccc(C)cc2)C1=O. The van der Waals surface area contributed by atoms with Crippen molar-refractivity contribution in [1.29, 1.82) is 0 Å². The van der Waals surface area contributed by atoms with Gasteiger partial charge in [0.2, 0.25) is 5.91 Å². The number of methoxy groups -OCH3 is 1. The second kappa shape index (κ2) is 9.71. The monoisotopic (exact) mass is 426 g/mol. The number of hydrogen-bond acceptors (Lipinski definition) is 5. The number of aryl methyl sites for hydroxylation is 1. The summed E-state index contributed by atoms with van der Waals surface area (Å²) in [6.07, 6.45) is 2.64. The number of nitrogens with zero attached hydrogens (tertiary/aromatic N) is 1. The first kappa shape index (κ1) is 21.1. The Bertz CT molecular complexity index is 955. The molecule has 29 heavy (non-hydrogen) atoms. The van der Waals surface area contributed by atoms with Crippen LogP contribution in [0, 0.1) is 6.92 Å². The fourth-order valence-electron chi connectivity index (χ4n) is 2.88. The number of thioether (sulfide) groups is 1. The second-order valence-corrected chi connectivity index (χ2v) is 8.27. The third-order valence-corrected chi connectivity index (χ3v) is 5.80. The molecule has 0 bridgehead atoms. The zero-order chi connectivity index (χ0) is 20.8. The van der Waals surface area contributed by atoms with Crippen molar-refractivity contribution in [2.75, 3.05) is 19.0 Å². The maximum Gasteiger partial charge on any atom is 0.266 e. The number of ether oxygens (including phenoxy) is 1. The summed E-state index contributed by atoms with van der Waals surface area (Å²) in [5.74, 6) is 0.485. The molecule has 1 N–H and O–H groups in total. The fraction of sp³-hybridized carbons (Fsp3) is 0.227. The van der Waals surface area contributed by atoms with E-state index in [-0.39, 0.29) is 11.8 Å². The molecular formula is C22H22N2O3S2. The van der Waals surface area contributed by atoms with E-state index < -0.39 is 0 Å². The van der Waals surface area contributed by atoms with E-state index in [0.717, 1.165) is 16.8 Å². The Morgan fingerprint density at radius 3 is 2.66 bits per heavy atom. The Kier molecular flexibility index (Phi) is 7.06. The first-order valence-corrected chi connectivity index (χ1v) is 10.5. The highest BCUT2D eigenvalue weighted by Crippen LogP contribution is 2.34. The van der Waals surface area contributed by atoms with Crippen molar-refractivity contribution in [2.24, 2.45) is 0 Å². The standard InChI is InChI=1S/C22H22N2O3S2/c1-15-9-11-17(12-10-15)23-20(25)8-5-13-24-21(26)19(29-22(24)28)14-16-6-3-4-7-18(16)27-2/h3-4,6-7,9-12,14H,5,8,13H2,1-2H3,(H,23,25)/b19-14-. The van der Waals surface area contributed by atoms with Crippen molar-refractivity contribution in [1.82, 2.24) is 4.90 Å². The average molecular weight is 427 g/mol. The van der Waals surface area contributed by atoms with Crippen LogP contribution in [0.3, 0.4) is 0 Å². The van der Waals surface area contributed by atoms with Crippen LogP contribution in [0.4, 0.5) is 5.69 Å². The van der Waals surface area contributed by atoms with Gasteiger partial charge in [0, 0.05) is 24.2 Å². The van der Waals surface area contributed by atoms with Crippen LogP contribution in [0.2, 0.25) is 0 Å². The molecule has 0 saturated carbocycles. The molecule has 0 aromatic heterocycles. The summed E-state index contributed by atoms with van der Waals surface area (Å²) in [6.45, 7) is 2.41. The molecule has 0 radical (unpaired) electrons. The zero-order valence-electron chi connectivity index (χ0n) is 16.3. The molecule has 1 aliphatic heterocycles. The topological polar surface area (TPSA) is 58.6 Å². The minimum absolute atomic E-state index is 0.0798. The van der Waals surface area contributed by atoms with Crippen LogP contribution in [-0.2, 0) is 9.59 Å². The predicted octanol–water partition coefficient (Wildman–Crippen LogP) is 4.62. The largest absolute Gasteiger partial charge is 0.496 e. The molecule has 1 saturated heterocycles. The molecule has 0 spiro atoms. The molecule has 5 nitrogen and oxygen atoms in total. The van der Waals surface area contributed by atoms with Crippen molar-refractivity contribution in [3.63, 3.8) is 0 Å². The lowest BCUT2D eigenvalue weighted by atomic mass is 10.2. The summed E-state index contributed by atoms with van der Waals surface area (Å²) in [4.78, 5) is 27.0. The number of nitrogens with one attached hydrogen (secondary N) is 1. The molecule has 3 rings (SSSR count). The van der Waals surface area contributed by atoms with Gasteiger partial charge in [-0.3, -0.25) is 14.5 Å². The Hall–Kier alpha value is -2.64. The summed E-state index contributed by atoms with van der Waals surface area (Å²) < 4.78 is 5.84. The quantitative estimate of drug-likeness (QED) is 0.517. The van der Waals surface area contributed by atoms with Crippen molar-refractivity contribution >= 4 is 51.9 Å². The summed E-state index contributed by atoms with van der Waals surface area (Å²) in [6, 6.07) is 15.1. The highest BCUT2D eigenvalue weighted by Gasteiger charge is 2.31. The molecule has 2 amide bonds. The Labute approximate surface area is 180 Å². The van der Waals surface area contributed by atoms with E-state index in [1.165, 1.54) is 11.8 Å². The van der Waals surface area contributed by atoms with Crippen LogP contribution >= 0.6 is 24.0 Å². The van der Waals surface area contributed by atoms with Gasteiger partial charge in [-0.2, -0.15) is 0 Å². The number of benzene rings is 2. The van der Waals surface area contributed by atoms with Crippen molar-refractivity contribution < 1.29 is 14.3 Å². The van der Waals surface area contributed by atoms with Crippen LogP contribution in [0.25, 0.3) is 6.08 Å². The molecule has 150 valence electrons. The second-order valence-electron chi connectivity index (χ2n) is 6.59. The Balaban J connectivity index is 1.55. The zero-order valence-corrected chi connectivity index (χ0v) is 17.9. The van der Waals surface area contributed by atoms with Gasteiger partial charge in [-0.05, 0) is 37.6 Å². The predicted molar refractivity (Wildman–Crippen MR) is 122 cm³/mol. The summed E-state index contributed by atoms with van der Waals surface area (Å²) in [5, 5.41) is 2.87. The molecular weight excluding hydrogens is 404 g/mol. The van der Waals surface area contributed by atoms with Gasteiger partial charge in [0.15, 0.2) is 0 Å². The van der Waals surface area contributed by atoms with E-state index in [1.54, 1.807) is 18.1 Å². The van der Waals surface area contributed by atoms with Crippen molar-refractivity contribution in [3.05, 3.63) is 64.6 Å². The van der Waals surface area contributed by atoms with Crippen LogP contribution in [-0.4, -0.2) is 34.7 Å². The van der Waals surface area contributed by atoms with E-state index in [4.69, 9.17) is 17.0 Å². The number of anilines is 1. The normalized spacial score (nSPS) is 15.1. The third kappa shape index (κ3) is 5.46. The molecule has 1 fully saturated rings. The number of rotatable bonds is 7. The van der Waals surface area contributed by atoms with Crippen LogP contribution in [0.15, 0.2) is 53.4 Å². The Morgan fingerprint density at radius 2 is 1.93 bits per heavy atom. The minimum atomic E-state index is -0.134. The summed E-state index contributed by atoms with van der Waals surface area (Å²) in [5.41, 5.74) is 2.73. The highest BCUT2D eigenvalue weighted by molar-refractivity contribution is 8.26. The number of thiocarbonyl (C=S) groups is 1. The van der Waals surface area contributed by atoms with Gasteiger partial charge in [0.05, 0.1) is 12.0 Å². The Morgan fingerprint density at radius 1 is 1.21 bits per heavy atom. The number of carbonyl (C=O) groups excluding carboxylic acids is 2. The van der Waals surface area contributed by atoms with Crippen LogP contribution in [0.1, 0.15) is 24.0 Å². The van der Waals surface area contributed by atoms with Gasteiger partial charge >= 0.3 is 0 Å². The lowest BCUT2D eigenvalue weighted by Gasteiger charge is -2.14. The molecule has 2 aromatic carbocycles. The molecule has 1 aliphatic rings. The number of amides is 2. The number of carbonyl (C=O) groups is 2. The van der Waals surface area contributed by atoms with Crippen LogP contribution < -0.4 is 10.1 Å². The molecule has 2 aromatic rings. The number of para-hydroxylation sites is 1. The highest BCUT2D eigenvalue weighted by atomic mass is 32.2. The third-order valence-electron chi connectivity index (χ3n) is 4.42. The average Bonchev–Trinajstić information content (AvgIpc) is 2.97. The van der Waals surface area contributed by atoms with Gasteiger partial charge in [-0.15, -0.1) is 0 Å². The van der Waals surface area contributed by atoms with Crippen molar-refractivity contribution in [3.8, 4) is 5.75 Å². The van der Waals surface area contributed by atoms with Gasteiger partial charge < -0.3 is 10.1 Å². The first-order valence-electron chi connectivity index (χ1n) is 9.23. The van der Waals surface area contributed by atoms with Crippen LogP contribution in [0.5, 0.6) is 5.75 Å². The lowest BCUT2D eigenvalue weighted by molar-refractivity contribution is -0.122. The molecule has 1 heterocycles.